The van der Waals surface area contributed by atoms with Gasteiger partial charge >= 0.3 is 12.0 Å². The average Bonchev–Trinajstić information content (AvgIpc) is 2.39. The summed E-state index contributed by atoms with van der Waals surface area (Å²) in [6.07, 6.45) is 5.11. The van der Waals surface area contributed by atoms with E-state index in [-0.39, 0.29) is 13.1 Å². The third-order valence-corrected chi connectivity index (χ3v) is 2.81. The first kappa shape index (κ1) is 15.3. The number of rotatable bonds is 6. The number of nitrogens with one attached hydrogen (secondary N) is 2. The smallest absolute Gasteiger partial charge is 0.323 e. The van der Waals surface area contributed by atoms with Gasteiger partial charge in [-0.3, -0.25) is 9.69 Å². The van der Waals surface area contributed by atoms with Gasteiger partial charge in [0.15, 0.2) is 0 Å². The Bertz CT molecular complexity index is 347. The van der Waals surface area contributed by atoms with Gasteiger partial charge in [0.1, 0.15) is 6.54 Å². The summed E-state index contributed by atoms with van der Waals surface area (Å²) in [4.78, 5) is 25.7. The molecule has 0 aromatic rings. The average molecular weight is 268 g/mol. The summed E-state index contributed by atoms with van der Waals surface area (Å²) >= 11 is 0. The fourth-order valence-corrected chi connectivity index (χ4v) is 1.84. The monoisotopic (exact) mass is 268 g/mol. The van der Waals surface area contributed by atoms with Crippen molar-refractivity contribution < 1.29 is 14.7 Å². The molecular weight excluding hydrogens is 248 g/mol. The van der Waals surface area contributed by atoms with Gasteiger partial charge in [0, 0.05) is 39.3 Å². The number of urea groups is 1. The van der Waals surface area contributed by atoms with Gasteiger partial charge in [-0.1, -0.05) is 5.92 Å². The van der Waals surface area contributed by atoms with Crippen LogP contribution >= 0.6 is 0 Å². The molecule has 1 rings (SSSR count). The molecule has 106 valence electrons. The van der Waals surface area contributed by atoms with Crippen LogP contribution in [0, 0.1) is 12.3 Å². The van der Waals surface area contributed by atoms with Crippen LogP contribution in [0.3, 0.4) is 0 Å². The van der Waals surface area contributed by atoms with Gasteiger partial charge in [-0.25, -0.2) is 4.79 Å². The van der Waals surface area contributed by atoms with Crippen LogP contribution in [0.15, 0.2) is 0 Å². The maximum atomic E-state index is 11.7. The van der Waals surface area contributed by atoms with E-state index in [1.54, 1.807) is 0 Å². The molecule has 7 nitrogen and oxygen atoms in total. The zero-order valence-electron chi connectivity index (χ0n) is 10.9. The van der Waals surface area contributed by atoms with Crippen molar-refractivity contribution >= 4 is 12.0 Å². The number of terminal acetylenes is 1. The molecule has 0 saturated carbocycles. The summed E-state index contributed by atoms with van der Waals surface area (Å²) in [6, 6.07) is -0.435. The molecule has 0 radical (unpaired) electrons. The number of carboxylic acid groups (broad SMARTS) is 1. The number of piperazine rings is 1. The minimum Gasteiger partial charge on any atom is -0.480 e. The van der Waals surface area contributed by atoms with Crippen molar-refractivity contribution in [1.29, 1.82) is 0 Å². The highest BCUT2D eigenvalue weighted by atomic mass is 16.4. The molecule has 1 aliphatic rings. The van der Waals surface area contributed by atoms with Crippen LogP contribution < -0.4 is 10.6 Å². The SMILES string of the molecule is C#CCN(CC(=O)O)C(=O)NCCN1CCNCC1. The third kappa shape index (κ3) is 6.08. The quantitative estimate of drug-likeness (QED) is 0.517. The zero-order chi connectivity index (χ0) is 14.1. The van der Waals surface area contributed by atoms with E-state index in [2.05, 4.69) is 21.5 Å². The van der Waals surface area contributed by atoms with E-state index < -0.39 is 12.0 Å². The maximum Gasteiger partial charge on any atom is 0.323 e. The molecule has 0 aromatic carbocycles. The van der Waals surface area contributed by atoms with E-state index in [1.165, 1.54) is 0 Å². The molecule has 0 bridgehead atoms. The minimum absolute atomic E-state index is 0.00817. The number of amides is 2. The largest absolute Gasteiger partial charge is 0.480 e. The van der Waals surface area contributed by atoms with E-state index in [0.717, 1.165) is 37.6 Å². The van der Waals surface area contributed by atoms with Gasteiger partial charge in [-0.05, 0) is 0 Å². The molecule has 0 spiro atoms. The highest BCUT2D eigenvalue weighted by molar-refractivity contribution is 5.80. The van der Waals surface area contributed by atoms with Crippen molar-refractivity contribution in [3.8, 4) is 12.3 Å². The lowest BCUT2D eigenvalue weighted by atomic mass is 10.3. The van der Waals surface area contributed by atoms with Gasteiger partial charge < -0.3 is 20.6 Å². The number of carbonyl (C=O) groups is 2. The molecule has 19 heavy (non-hydrogen) atoms. The summed E-state index contributed by atoms with van der Waals surface area (Å²) in [5.74, 6) is 1.20. The fraction of sp³-hybridized carbons (Fsp3) is 0.667. The first-order valence-corrected chi connectivity index (χ1v) is 6.24. The molecular formula is C12H20N4O3. The fourth-order valence-electron chi connectivity index (χ4n) is 1.84. The number of carboxylic acids is 1. The normalized spacial score (nSPS) is 15.5. The molecule has 0 aliphatic carbocycles. The Balaban J connectivity index is 2.27. The van der Waals surface area contributed by atoms with Crippen LogP contribution in [0.2, 0.25) is 0 Å². The highest BCUT2D eigenvalue weighted by Crippen LogP contribution is 1.92. The van der Waals surface area contributed by atoms with Crippen LogP contribution in [-0.2, 0) is 4.79 Å². The van der Waals surface area contributed by atoms with Crippen LogP contribution in [0.25, 0.3) is 0 Å². The second-order valence-corrected chi connectivity index (χ2v) is 4.28. The highest BCUT2D eigenvalue weighted by Gasteiger charge is 2.15. The van der Waals surface area contributed by atoms with E-state index in [1.807, 2.05) is 0 Å². The summed E-state index contributed by atoms with van der Waals surface area (Å²) in [7, 11) is 0. The second kappa shape index (κ2) is 8.34. The molecule has 0 aromatic heterocycles. The minimum atomic E-state index is -1.08. The van der Waals surface area contributed by atoms with Crippen molar-refractivity contribution in [1.82, 2.24) is 20.4 Å². The number of nitrogens with zero attached hydrogens (tertiary/aromatic N) is 2. The Morgan fingerprint density at radius 2 is 2.11 bits per heavy atom. The lowest BCUT2D eigenvalue weighted by Gasteiger charge is -2.27. The van der Waals surface area contributed by atoms with Gasteiger partial charge in [-0.15, -0.1) is 6.42 Å². The molecule has 1 heterocycles. The molecule has 0 unspecified atom stereocenters. The Morgan fingerprint density at radius 1 is 1.42 bits per heavy atom. The number of hydrogen-bond donors (Lipinski definition) is 3. The Labute approximate surface area is 112 Å². The van der Waals surface area contributed by atoms with Crippen LogP contribution in [-0.4, -0.2) is 79.3 Å². The van der Waals surface area contributed by atoms with Crippen molar-refractivity contribution in [2.45, 2.75) is 0 Å². The van der Waals surface area contributed by atoms with Crippen molar-refractivity contribution in [3.63, 3.8) is 0 Å². The Morgan fingerprint density at radius 3 is 2.68 bits per heavy atom. The Kier molecular flexibility index (Phi) is 6.71. The van der Waals surface area contributed by atoms with Crippen LogP contribution in [0.5, 0.6) is 0 Å². The predicted octanol–water partition coefficient (Wildman–Crippen LogP) is -1.38. The Hall–Kier alpha value is -1.78. The van der Waals surface area contributed by atoms with Crippen LogP contribution in [0.1, 0.15) is 0 Å². The molecule has 0 atom stereocenters. The number of aliphatic carboxylic acids is 1. The van der Waals surface area contributed by atoms with E-state index in [0.29, 0.717) is 6.54 Å². The lowest BCUT2D eigenvalue weighted by Crippen LogP contribution is -2.48. The molecule has 1 aliphatic heterocycles. The summed E-state index contributed by atoms with van der Waals surface area (Å²) in [5, 5.41) is 14.6. The third-order valence-electron chi connectivity index (χ3n) is 2.81. The summed E-state index contributed by atoms with van der Waals surface area (Å²) < 4.78 is 0. The summed E-state index contributed by atoms with van der Waals surface area (Å²) in [6.45, 7) is 4.67. The first-order valence-electron chi connectivity index (χ1n) is 6.24. The van der Waals surface area contributed by atoms with Gasteiger partial charge in [-0.2, -0.15) is 0 Å². The number of hydrogen-bond acceptors (Lipinski definition) is 4. The molecule has 7 heteroatoms. The van der Waals surface area contributed by atoms with E-state index >= 15 is 0 Å². The van der Waals surface area contributed by atoms with Gasteiger partial charge in [0.05, 0.1) is 6.54 Å². The second-order valence-electron chi connectivity index (χ2n) is 4.28. The van der Waals surface area contributed by atoms with Crippen molar-refractivity contribution in [2.24, 2.45) is 0 Å². The van der Waals surface area contributed by atoms with Gasteiger partial charge in [0.25, 0.3) is 0 Å². The molecule has 1 saturated heterocycles. The van der Waals surface area contributed by atoms with E-state index in [9.17, 15) is 9.59 Å². The van der Waals surface area contributed by atoms with Crippen molar-refractivity contribution in [2.75, 3.05) is 52.4 Å². The lowest BCUT2D eigenvalue weighted by molar-refractivity contribution is -0.137. The predicted molar refractivity (Wildman–Crippen MR) is 70.8 cm³/mol. The molecule has 2 amide bonds. The number of carbonyl (C=O) groups excluding carboxylic acids is 1. The van der Waals surface area contributed by atoms with E-state index in [4.69, 9.17) is 11.5 Å². The molecule has 3 N–H and O–H groups in total. The summed E-state index contributed by atoms with van der Waals surface area (Å²) in [5.41, 5.74) is 0. The standard InChI is InChI=1S/C12H20N4O3/c1-2-6-16(10-11(17)18)12(19)14-5-9-15-7-3-13-4-8-15/h1,13H,3-10H2,(H,14,19)(H,17,18). The topological polar surface area (TPSA) is 84.9 Å². The van der Waals surface area contributed by atoms with Gasteiger partial charge in [0.2, 0.25) is 0 Å². The van der Waals surface area contributed by atoms with Crippen LogP contribution in [0.4, 0.5) is 4.79 Å². The first-order chi connectivity index (χ1) is 9.13. The zero-order valence-corrected chi connectivity index (χ0v) is 10.9. The molecule has 1 fully saturated rings. The van der Waals surface area contributed by atoms with Crippen molar-refractivity contribution in [3.05, 3.63) is 0 Å². The maximum absolute atomic E-state index is 11.7.